The van der Waals surface area contributed by atoms with E-state index < -0.39 is 0 Å². The van der Waals surface area contributed by atoms with E-state index in [1.54, 1.807) is 12.1 Å². The molecular formula is C10H13N3O2. The van der Waals surface area contributed by atoms with E-state index in [0.717, 1.165) is 5.01 Å². The van der Waals surface area contributed by atoms with Gasteiger partial charge in [-0.2, -0.15) is 0 Å². The molecule has 1 rings (SSSR count). The van der Waals surface area contributed by atoms with Crippen molar-refractivity contribution in [1.29, 1.82) is 0 Å². The van der Waals surface area contributed by atoms with Crippen LogP contribution >= 0.6 is 0 Å². The second-order valence-corrected chi connectivity index (χ2v) is 3.07. The fourth-order valence-corrected chi connectivity index (χ4v) is 1.13. The molecule has 0 saturated heterocycles. The third kappa shape index (κ3) is 2.47. The Morgan fingerprint density at radius 1 is 1.40 bits per heavy atom. The Morgan fingerprint density at radius 2 is 1.93 bits per heavy atom. The molecular weight excluding hydrogens is 194 g/mol. The SMILES string of the molecule is CN(N)/C(C=O)=C(\N)c1ccc(O)cc1. The second-order valence-electron chi connectivity index (χ2n) is 3.07. The summed E-state index contributed by atoms with van der Waals surface area (Å²) in [6.07, 6.45) is 0.586. The van der Waals surface area contributed by atoms with E-state index in [0.29, 0.717) is 11.8 Å². The zero-order chi connectivity index (χ0) is 11.4. The summed E-state index contributed by atoms with van der Waals surface area (Å²) >= 11 is 0. The number of rotatable bonds is 3. The molecule has 1 aromatic carbocycles. The van der Waals surface area contributed by atoms with Crippen molar-refractivity contribution < 1.29 is 9.90 Å². The van der Waals surface area contributed by atoms with Gasteiger partial charge in [0.25, 0.3) is 0 Å². The van der Waals surface area contributed by atoms with Gasteiger partial charge >= 0.3 is 0 Å². The van der Waals surface area contributed by atoms with Gasteiger partial charge in [-0.15, -0.1) is 0 Å². The Kier molecular flexibility index (Phi) is 3.30. The summed E-state index contributed by atoms with van der Waals surface area (Å²) in [7, 11) is 1.52. The molecule has 80 valence electrons. The minimum absolute atomic E-state index is 0.139. The van der Waals surface area contributed by atoms with Crippen LogP contribution in [0.5, 0.6) is 5.75 Å². The number of phenols is 1. The zero-order valence-corrected chi connectivity index (χ0v) is 8.34. The molecule has 5 N–H and O–H groups in total. The fraction of sp³-hybridized carbons (Fsp3) is 0.100. The van der Waals surface area contributed by atoms with E-state index in [1.807, 2.05) is 0 Å². The predicted molar refractivity (Wildman–Crippen MR) is 57.2 cm³/mol. The third-order valence-corrected chi connectivity index (χ3v) is 1.95. The number of phenolic OH excluding ortho intramolecular Hbond substituents is 1. The van der Waals surface area contributed by atoms with Crippen molar-refractivity contribution in [3.63, 3.8) is 0 Å². The molecule has 0 amide bonds. The number of aromatic hydroxyl groups is 1. The average molecular weight is 207 g/mol. The Hall–Kier alpha value is -2.01. The van der Waals surface area contributed by atoms with Crippen LogP contribution in [0.1, 0.15) is 5.56 Å². The number of likely N-dealkylation sites (N-methyl/N-ethyl adjacent to an activating group) is 1. The Bertz CT molecular complexity index is 382. The molecule has 15 heavy (non-hydrogen) atoms. The maximum absolute atomic E-state index is 10.7. The van der Waals surface area contributed by atoms with Crippen molar-refractivity contribution in [3.05, 3.63) is 35.5 Å². The maximum Gasteiger partial charge on any atom is 0.169 e. The number of nitrogens with zero attached hydrogens (tertiary/aromatic N) is 1. The summed E-state index contributed by atoms with van der Waals surface area (Å²) in [6.45, 7) is 0. The summed E-state index contributed by atoms with van der Waals surface area (Å²) in [5.41, 5.74) is 6.85. The molecule has 0 aliphatic carbocycles. The topological polar surface area (TPSA) is 92.6 Å². The van der Waals surface area contributed by atoms with Crippen LogP contribution in [0.2, 0.25) is 0 Å². The van der Waals surface area contributed by atoms with Crippen molar-refractivity contribution in [1.82, 2.24) is 5.01 Å². The largest absolute Gasteiger partial charge is 0.508 e. The van der Waals surface area contributed by atoms with Crippen LogP contribution in [-0.4, -0.2) is 23.4 Å². The quantitative estimate of drug-likeness (QED) is 0.281. The zero-order valence-electron chi connectivity index (χ0n) is 8.34. The molecule has 0 saturated carbocycles. The van der Waals surface area contributed by atoms with E-state index in [-0.39, 0.29) is 17.1 Å². The highest BCUT2D eigenvalue weighted by molar-refractivity contribution is 5.86. The Labute approximate surface area is 87.6 Å². The van der Waals surface area contributed by atoms with Crippen LogP contribution < -0.4 is 11.6 Å². The van der Waals surface area contributed by atoms with Crippen molar-refractivity contribution >= 4 is 12.0 Å². The first-order valence-corrected chi connectivity index (χ1v) is 4.29. The van der Waals surface area contributed by atoms with Crippen molar-refractivity contribution in [2.24, 2.45) is 11.6 Å². The monoisotopic (exact) mass is 207 g/mol. The van der Waals surface area contributed by atoms with Crippen molar-refractivity contribution in [3.8, 4) is 5.75 Å². The first kappa shape index (κ1) is 11.1. The van der Waals surface area contributed by atoms with Gasteiger partial charge in [0.15, 0.2) is 6.29 Å². The smallest absolute Gasteiger partial charge is 0.169 e. The summed E-state index contributed by atoms with van der Waals surface area (Å²) in [4.78, 5) is 10.7. The van der Waals surface area contributed by atoms with Crippen LogP contribution in [0, 0.1) is 0 Å². The van der Waals surface area contributed by atoms with Crippen LogP contribution in [0.15, 0.2) is 30.0 Å². The predicted octanol–water partition coefficient (Wildman–Crippen LogP) is 0.0239. The lowest BCUT2D eigenvalue weighted by atomic mass is 10.1. The molecule has 0 radical (unpaired) electrons. The van der Waals surface area contributed by atoms with E-state index in [9.17, 15) is 4.79 Å². The molecule has 0 aromatic heterocycles. The number of aldehydes is 1. The first-order chi connectivity index (χ1) is 7.06. The molecule has 0 heterocycles. The minimum Gasteiger partial charge on any atom is -0.508 e. The van der Waals surface area contributed by atoms with Crippen molar-refractivity contribution in [2.45, 2.75) is 0 Å². The summed E-state index contributed by atoms with van der Waals surface area (Å²) in [5.74, 6) is 5.57. The van der Waals surface area contributed by atoms with Gasteiger partial charge in [-0.05, 0) is 29.8 Å². The van der Waals surface area contributed by atoms with E-state index in [4.69, 9.17) is 16.7 Å². The van der Waals surface area contributed by atoms with Gasteiger partial charge in [0.1, 0.15) is 11.4 Å². The van der Waals surface area contributed by atoms with Gasteiger partial charge in [0, 0.05) is 7.05 Å². The maximum atomic E-state index is 10.7. The van der Waals surface area contributed by atoms with Gasteiger partial charge in [0.05, 0.1) is 5.70 Å². The molecule has 0 fully saturated rings. The average Bonchev–Trinajstić information content (AvgIpc) is 2.19. The lowest BCUT2D eigenvalue weighted by Gasteiger charge is -2.14. The normalized spacial score (nSPS) is 11.9. The number of benzene rings is 1. The number of hydrazine groups is 1. The lowest BCUT2D eigenvalue weighted by molar-refractivity contribution is -0.106. The highest BCUT2D eigenvalue weighted by atomic mass is 16.3. The summed E-state index contributed by atoms with van der Waals surface area (Å²) in [6, 6.07) is 6.19. The number of hydrogen-bond donors (Lipinski definition) is 3. The number of carbonyl (C=O) groups is 1. The summed E-state index contributed by atoms with van der Waals surface area (Å²) in [5, 5.41) is 10.2. The second kappa shape index (κ2) is 4.47. The molecule has 0 aliphatic rings. The van der Waals surface area contributed by atoms with Crippen molar-refractivity contribution in [2.75, 3.05) is 7.05 Å². The number of carbonyl (C=O) groups excluding carboxylic acids is 1. The van der Waals surface area contributed by atoms with Crippen LogP contribution in [-0.2, 0) is 4.79 Å². The van der Waals surface area contributed by atoms with Gasteiger partial charge in [-0.3, -0.25) is 4.79 Å². The molecule has 0 spiro atoms. The molecule has 5 heteroatoms. The standard InChI is InChI=1S/C10H13N3O2/c1-13(12)9(6-14)10(11)7-2-4-8(15)5-3-7/h2-6,15H,11-12H2,1H3/b10-9-. The van der Waals surface area contributed by atoms with E-state index >= 15 is 0 Å². The van der Waals surface area contributed by atoms with Gasteiger partial charge in [-0.25, -0.2) is 5.84 Å². The highest BCUT2D eigenvalue weighted by Crippen LogP contribution is 2.16. The lowest BCUT2D eigenvalue weighted by Crippen LogP contribution is -2.28. The van der Waals surface area contributed by atoms with Crippen LogP contribution in [0.3, 0.4) is 0 Å². The molecule has 0 bridgehead atoms. The van der Waals surface area contributed by atoms with E-state index in [2.05, 4.69) is 0 Å². The Morgan fingerprint density at radius 3 is 2.33 bits per heavy atom. The number of hydrogen-bond acceptors (Lipinski definition) is 5. The molecule has 1 aromatic rings. The molecule has 0 aliphatic heterocycles. The highest BCUT2D eigenvalue weighted by Gasteiger charge is 2.07. The number of allylic oxidation sites excluding steroid dienone is 1. The van der Waals surface area contributed by atoms with Gasteiger partial charge in [0.2, 0.25) is 0 Å². The van der Waals surface area contributed by atoms with Crippen LogP contribution in [0.25, 0.3) is 5.70 Å². The fourth-order valence-electron chi connectivity index (χ4n) is 1.13. The third-order valence-electron chi connectivity index (χ3n) is 1.95. The Balaban J connectivity index is 3.16. The molecule has 0 unspecified atom stereocenters. The molecule has 5 nitrogen and oxygen atoms in total. The molecule has 0 atom stereocenters. The first-order valence-electron chi connectivity index (χ1n) is 4.29. The van der Waals surface area contributed by atoms with E-state index in [1.165, 1.54) is 19.2 Å². The summed E-state index contributed by atoms with van der Waals surface area (Å²) < 4.78 is 0. The number of nitrogens with two attached hydrogens (primary N) is 2. The van der Waals surface area contributed by atoms with Gasteiger partial charge in [-0.1, -0.05) is 0 Å². The minimum atomic E-state index is 0.139. The van der Waals surface area contributed by atoms with Crippen LogP contribution in [0.4, 0.5) is 0 Å². The van der Waals surface area contributed by atoms with Gasteiger partial charge < -0.3 is 15.8 Å².